The van der Waals surface area contributed by atoms with Crippen molar-refractivity contribution in [3.05, 3.63) is 0 Å². The van der Waals surface area contributed by atoms with E-state index in [1.807, 2.05) is 0 Å². The Balaban J connectivity index is 1.89. The lowest BCUT2D eigenvalue weighted by atomic mass is 10.0. The van der Waals surface area contributed by atoms with E-state index in [9.17, 15) is 5.11 Å². The molecule has 0 spiro atoms. The molecule has 2 rings (SSSR count). The van der Waals surface area contributed by atoms with Gasteiger partial charge in [0.15, 0.2) is 0 Å². The maximum absolute atomic E-state index is 10.3. The summed E-state index contributed by atoms with van der Waals surface area (Å²) < 4.78 is 0. The van der Waals surface area contributed by atoms with Crippen molar-refractivity contribution in [1.82, 2.24) is 4.90 Å². The molecule has 0 bridgehead atoms. The summed E-state index contributed by atoms with van der Waals surface area (Å²) >= 11 is 0. The standard InChI is InChI=1S/C11H22N2O/c12-8-10-4-3-7-13(10)9-11(14)5-1-2-6-11/h10,14H,1-9,12H2. The van der Waals surface area contributed by atoms with Gasteiger partial charge in [-0.3, -0.25) is 4.90 Å². The maximum Gasteiger partial charge on any atom is 0.0774 e. The van der Waals surface area contributed by atoms with E-state index in [0.29, 0.717) is 6.04 Å². The zero-order valence-corrected chi connectivity index (χ0v) is 8.91. The van der Waals surface area contributed by atoms with Gasteiger partial charge in [0.05, 0.1) is 5.60 Å². The molecule has 2 aliphatic rings. The van der Waals surface area contributed by atoms with Crippen molar-refractivity contribution in [3.8, 4) is 0 Å². The average Bonchev–Trinajstić information content (AvgIpc) is 2.75. The molecule has 1 atom stereocenters. The van der Waals surface area contributed by atoms with Crippen molar-refractivity contribution < 1.29 is 5.11 Å². The van der Waals surface area contributed by atoms with E-state index in [4.69, 9.17) is 5.73 Å². The van der Waals surface area contributed by atoms with Crippen molar-refractivity contribution >= 4 is 0 Å². The number of hydrogen-bond acceptors (Lipinski definition) is 3. The number of rotatable bonds is 3. The molecule has 3 nitrogen and oxygen atoms in total. The van der Waals surface area contributed by atoms with E-state index in [-0.39, 0.29) is 0 Å². The van der Waals surface area contributed by atoms with Gasteiger partial charge in [0, 0.05) is 19.1 Å². The van der Waals surface area contributed by atoms with Gasteiger partial charge in [-0.05, 0) is 32.2 Å². The summed E-state index contributed by atoms with van der Waals surface area (Å²) in [5.74, 6) is 0. The summed E-state index contributed by atoms with van der Waals surface area (Å²) in [7, 11) is 0. The smallest absolute Gasteiger partial charge is 0.0774 e. The molecule has 1 aliphatic heterocycles. The normalized spacial score (nSPS) is 32.6. The minimum Gasteiger partial charge on any atom is -0.389 e. The van der Waals surface area contributed by atoms with Crippen LogP contribution >= 0.6 is 0 Å². The first kappa shape index (κ1) is 10.4. The Morgan fingerprint density at radius 3 is 2.64 bits per heavy atom. The molecule has 3 N–H and O–H groups in total. The van der Waals surface area contributed by atoms with Crippen LogP contribution in [0, 0.1) is 0 Å². The molecule has 1 saturated heterocycles. The van der Waals surface area contributed by atoms with Crippen LogP contribution < -0.4 is 5.73 Å². The molecule has 0 aromatic heterocycles. The fraction of sp³-hybridized carbons (Fsp3) is 1.00. The molecule has 3 heteroatoms. The summed E-state index contributed by atoms with van der Waals surface area (Å²) in [6.07, 6.45) is 6.82. The highest BCUT2D eigenvalue weighted by molar-refractivity contribution is 4.91. The third-order valence-electron chi connectivity index (χ3n) is 3.80. The highest BCUT2D eigenvalue weighted by Gasteiger charge is 2.36. The average molecular weight is 198 g/mol. The van der Waals surface area contributed by atoms with Gasteiger partial charge in [0.25, 0.3) is 0 Å². The first-order chi connectivity index (χ1) is 6.73. The van der Waals surface area contributed by atoms with Crippen molar-refractivity contribution in [2.75, 3.05) is 19.6 Å². The van der Waals surface area contributed by atoms with Crippen LogP contribution in [0.4, 0.5) is 0 Å². The lowest BCUT2D eigenvalue weighted by molar-refractivity contribution is 0.00666. The second-order valence-corrected chi connectivity index (χ2v) is 4.93. The Kier molecular flexibility index (Phi) is 3.10. The van der Waals surface area contributed by atoms with Gasteiger partial charge in [-0.25, -0.2) is 0 Å². The summed E-state index contributed by atoms with van der Waals surface area (Å²) in [5.41, 5.74) is 5.33. The molecule has 0 radical (unpaired) electrons. The first-order valence-corrected chi connectivity index (χ1v) is 5.90. The third-order valence-corrected chi connectivity index (χ3v) is 3.80. The summed E-state index contributed by atoms with van der Waals surface area (Å²) in [5, 5.41) is 10.3. The highest BCUT2D eigenvalue weighted by Crippen LogP contribution is 2.32. The molecule has 1 unspecified atom stereocenters. The molecule has 0 aromatic carbocycles. The van der Waals surface area contributed by atoms with Crippen LogP contribution in [0.15, 0.2) is 0 Å². The zero-order chi connectivity index (χ0) is 10.0. The van der Waals surface area contributed by atoms with E-state index >= 15 is 0 Å². The van der Waals surface area contributed by atoms with Crippen molar-refractivity contribution in [2.45, 2.75) is 50.2 Å². The van der Waals surface area contributed by atoms with Gasteiger partial charge in [0.2, 0.25) is 0 Å². The van der Waals surface area contributed by atoms with Crippen LogP contribution in [0.1, 0.15) is 38.5 Å². The van der Waals surface area contributed by atoms with Crippen LogP contribution in [-0.4, -0.2) is 41.3 Å². The number of likely N-dealkylation sites (tertiary alicyclic amines) is 1. The number of aliphatic hydroxyl groups is 1. The monoisotopic (exact) mass is 198 g/mol. The molecular weight excluding hydrogens is 176 g/mol. The van der Waals surface area contributed by atoms with E-state index < -0.39 is 5.60 Å². The van der Waals surface area contributed by atoms with Crippen LogP contribution in [-0.2, 0) is 0 Å². The van der Waals surface area contributed by atoms with Crippen LogP contribution in [0.5, 0.6) is 0 Å². The van der Waals surface area contributed by atoms with Crippen LogP contribution in [0.2, 0.25) is 0 Å². The van der Waals surface area contributed by atoms with Gasteiger partial charge in [0.1, 0.15) is 0 Å². The predicted octanol–water partition coefficient (Wildman–Crippen LogP) is 0.715. The lowest BCUT2D eigenvalue weighted by Crippen LogP contribution is -2.45. The largest absolute Gasteiger partial charge is 0.389 e. The van der Waals surface area contributed by atoms with Gasteiger partial charge in [-0.2, -0.15) is 0 Å². The summed E-state index contributed by atoms with van der Waals surface area (Å²) in [6, 6.07) is 0.527. The fourth-order valence-electron chi connectivity index (χ4n) is 2.94. The molecule has 82 valence electrons. The van der Waals surface area contributed by atoms with Gasteiger partial charge in [-0.1, -0.05) is 12.8 Å². The number of nitrogens with two attached hydrogens (primary N) is 1. The Labute approximate surface area is 86.3 Å². The van der Waals surface area contributed by atoms with Crippen LogP contribution in [0.25, 0.3) is 0 Å². The SMILES string of the molecule is NCC1CCCN1CC1(O)CCCC1. The number of nitrogens with zero attached hydrogens (tertiary/aromatic N) is 1. The minimum absolute atomic E-state index is 0.391. The Hall–Kier alpha value is -0.120. The third kappa shape index (κ3) is 2.10. The van der Waals surface area contributed by atoms with Crippen molar-refractivity contribution in [3.63, 3.8) is 0 Å². The maximum atomic E-state index is 10.3. The zero-order valence-electron chi connectivity index (χ0n) is 8.91. The quantitative estimate of drug-likeness (QED) is 0.702. The van der Waals surface area contributed by atoms with Crippen LogP contribution in [0.3, 0.4) is 0 Å². The molecule has 0 amide bonds. The van der Waals surface area contributed by atoms with Gasteiger partial charge < -0.3 is 10.8 Å². The fourth-order valence-corrected chi connectivity index (χ4v) is 2.94. The number of hydrogen-bond donors (Lipinski definition) is 2. The van der Waals surface area contributed by atoms with E-state index in [1.165, 1.54) is 25.7 Å². The first-order valence-electron chi connectivity index (χ1n) is 5.90. The van der Waals surface area contributed by atoms with Crippen molar-refractivity contribution in [1.29, 1.82) is 0 Å². The molecule has 1 saturated carbocycles. The molecule has 14 heavy (non-hydrogen) atoms. The molecule has 0 aromatic rings. The topological polar surface area (TPSA) is 49.5 Å². The van der Waals surface area contributed by atoms with E-state index in [0.717, 1.165) is 32.5 Å². The minimum atomic E-state index is -0.391. The Morgan fingerprint density at radius 1 is 1.29 bits per heavy atom. The molecule has 1 heterocycles. The Bertz CT molecular complexity index is 190. The molecule has 2 fully saturated rings. The van der Waals surface area contributed by atoms with E-state index in [2.05, 4.69) is 4.90 Å². The lowest BCUT2D eigenvalue weighted by Gasteiger charge is -2.31. The highest BCUT2D eigenvalue weighted by atomic mass is 16.3. The Morgan fingerprint density at radius 2 is 2.00 bits per heavy atom. The second-order valence-electron chi connectivity index (χ2n) is 4.93. The summed E-state index contributed by atoms with van der Waals surface area (Å²) in [4.78, 5) is 2.39. The molecular formula is C11H22N2O. The summed E-state index contributed by atoms with van der Waals surface area (Å²) in [6.45, 7) is 2.73. The second kappa shape index (κ2) is 4.17. The molecule has 1 aliphatic carbocycles. The van der Waals surface area contributed by atoms with Crippen molar-refractivity contribution in [2.24, 2.45) is 5.73 Å². The van der Waals surface area contributed by atoms with Gasteiger partial charge >= 0.3 is 0 Å². The van der Waals surface area contributed by atoms with Gasteiger partial charge in [-0.15, -0.1) is 0 Å². The van der Waals surface area contributed by atoms with E-state index in [1.54, 1.807) is 0 Å². The number of β-amino-alcohol motifs (C(OH)–C–C–N with tert-alkyl or cyclic N) is 1. The predicted molar refractivity (Wildman–Crippen MR) is 57.1 cm³/mol.